The van der Waals surface area contributed by atoms with E-state index in [1.807, 2.05) is 0 Å². The summed E-state index contributed by atoms with van der Waals surface area (Å²) in [6.07, 6.45) is 9.60. The van der Waals surface area contributed by atoms with Crippen molar-refractivity contribution >= 4 is 5.91 Å². The Labute approximate surface area is 129 Å². The molecule has 120 valence electrons. The van der Waals surface area contributed by atoms with Gasteiger partial charge >= 0.3 is 0 Å². The first kappa shape index (κ1) is 15.3. The van der Waals surface area contributed by atoms with Crippen molar-refractivity contribution in [2.24, 2.45) is 5.92 Å². The summed E-state index contributed by atoms with van der Waals surface area (Å²) in [6.45, 7) is 6.86. The summed E-state index contributed by atoms with van der Waals surface area (Å²) in [4.78, 5) is 17.3. The molecule has 3 fully saturated rings. The van der Waals surface area contributed by atoms with Gasteiger partial charge < -0.3 is 15.1 Å². The lowest BCUT2D eigenvalue weighted by atomic mass is 10.0. The Morgan fingerprint density at radius 1 is 1.05 bits per heavy atom. The van der Waals surface area contributed by atoms with Crippen molar-refractivity contribution in [1.82, 2.24) is 15.1 Å². The number of carbonyl (C=O) groups is 1. The highest BCUT2D eigenvalue weighted by molar-refractivity contribution is 5.76. The molecule has 4 heteroatoms. The maximum atomic E-state index is 12.5. The van der Waals surface area contributed by atoms with Crippen LogP contribution in [0.5, 0.6) is 0 Å². The standard InChI is InChI=1S/C17H31N3O/c21-17(7-6-15-8-9-18-13-15)20-12-4-5-16(20)14-19-10-2-1-3-11-19/h15-16,18H,1-14H2. The van der Waals surface area contributed by atoms with E-state index in [-0.39, 0.29) is 0 Å². The van der Waals surface area contributed by atoms with Crippen LogP contribution in [0, 0.1) is 5.92 Å². The van der Waals surface area contributed by atoms with Crippen molar-refractivity contribution in [1.29, 1.82) is 0 Å². The minimum absolute atomic E-state index is 0.418. The Morgan fingerprint density at radius 2 is 1.90 bits per heavy atom. The number of likely N-dealkylation sites (tertiary alicyclic amines) is 2. The number of amides is 1. The number of carbonyl (C=O) groups excluding carboxylic acids is 1. The molecule has 3 rings (SSSR count). The fourth-order valence-corrected chi connectivity index (χ4v) is 4.23. The second-order valence-electron chi connectivity index (χ2n) is 7.14. The Bertz CT molecular complexity index is 335. The average molecular weight is 293 g/mol. The van der Waals surface area contributed by atoms with Crippen LogP contribution in [-0.4, -0.2) is 61.0 Å². The summed E-state index contributed by atoms with van der Waals surface area (Å²) in [5.41, 5.74) is 0. The fourth-order valence-electron chi connectivity index (χ4n) is 4.23. The fraction of sp³-hybridized carbons (Fsp3) is 0.941. The van der Waals surface area contributed by atoms with E-state index in [0.29, 0.717) is 11.9 Å². The number of rotatable bonds is 5. The Morgan fingerprint density at radius 3 is 2.67 bits per heavy atom. The number of hydrogen-bond donors (Lipinski definition) is 1. The number of hydrogen-bond acceptors (Lipinski definition) is 3. The molecular weight excluding hydrogens is 262 g/mol. The van der Waals surface area contributed by atoms with E-state index in [4.69, 9.17) is 0 Å². The highest BCUT2D eigenvalue weighted by Crippen LogP contribution is 2.23. The molecule has 0 aromatic rings. The van der Waals surface area contributed by atoms with Crippen LogP contribution in [0.1, 0.15) is 51.4 Å². The predicted octanol–water partition coefficient (Wildman–Crippen LogP) is 1.85. The molecule has 0 radical (unpaired) electrons. The Hall–Kier alpha value is -0.610. The monoisotopic (exact) mass is 293 g/mol. The van der Waals surface area contributed by atoms with Crippen LogP contribution in [0.15, 0.2) is 0 Å². The lowest BCUT2D eigenvalue weighted by molar-refractivity contribution is -0.132. The van der Waals surface area contributed by atoms with Crippen LogP contribution < -0.4 is 5.32 Å². The van der Waals surface area contributed by atoms with Crippen LogP contribution in [0.2, 0.25) is 0 Å². The summed E-state index contributed by atoms with van der Waals surface area (Å²) in [6, 6.07) is 0.498. The average Bonchev–Trinajstić information content (AvgIpc) is 3.17. The lowest BCUT2D eigenvalue weighted by Crippen LogP contribution is -2.44. The van der Waals surface area contributed by atoms with Gasteiger partial charge in [-0.3, -0.25) is 4.79 Å². The topological polar surface area (TPSA) is 35.6 Å². The molecule has 0 saturated carbocycles. The zero-order valence-corrected chi connectivity index (χ0v) is 13.4. The van der Waals surface area contributed by atoms with Gasteiger partial charge in [-0.15, -0.1) is 0 Å². The van der Waals surface area contributed by atoms with Gasteiger partial charge in [0.15, 0.2) is 0 Å². The maximum absolute atomic E-state index is 12.5. The normalized spacial score (nSPS) is 31.0. The maximum Gasteiger partial charge on any atom is 0.222 e. The zero-order valence-electron chi connectivity index (χ0n) is 13.4. The SMILES string of the molecule is O=C(CCC1CCNC1)N1CCCC1CN1CCCCC1. The van der Waals surface area contributed by atoms with Crippen molar-refractivity contribution in [3.05, 3.63) is 0 Å². The van der Waals surface area contributed by atoms with Gasteiger partial charge in [-0.1, -0.05) is 6.42 Å². The van der Waals surface area contributed by atoms with Gasteiger partial charge in [-0.05, 0) is 70.6 Å². The highest BCUT2D eigenvalue weighted by atomic mass is 16.2. The second kappa shape index (κ2) is 7.59. The number of nitrogens with zero attached hydrogens (tertiary/aromatic N) is 2. The van der Waals surface area contributed by atoms with Gasteiger partial charge in [0.25, 0.3) is 0 Å². The van der Waals surface area contributed by atoms with Gasteiger partial charge in [0.05, 0.1) is 0 Å². The minimum atomic E-state index is 0.418. The number of piperidine rings is 1. The van der Waals surface area contributed by atoms with E-state index in [1.165, 1.54) is 51.6 Å². The first-order chi connectivity index (χ1) is 10.3. The van der Waals surface area contributed by atoms with Crippen LogP contribution in [-0.2, 0) is 4.79 Å². The van der Waals surface area contributed by atoms with Gasteiger partial charge in [0.1, 0.15) is 0 Å². The van der Waals surface area contributed by atoms with Crippen molar-refractivity contribution in [3.8, 4) is 0 Å². The van der Waals surface area contributed by atoms with E-state index < -0.39 is 0 Å². The van der Waals surface area contributed by atoms with E-state index in [2.05, 4.69) is 15.1 Å². The van der Waals surface area contributed by atoms with Crippen molar-refractivity contribution in [3.63, 3.8) is 0 Å². The first-order valence-electron chi connectivity index (χ1n) is 9.05. The van der Waals surface area contributed by atoms with Crippen LogP contribution in [0.3, 0.4) is 0 Å². The molecule has 4 nitrogen and oxygen atoms in total. The molecule has 0 bridgehead atoms. The van der Waals surface area contributed by atoms with Gasteiger partial charge in [0, 0.05) is 25.6 Å². The van der Waals surface area contributed by atoms with E-state index >= 15 is 0 Å². The molecule has 0 spiro atoms. The summed E-state index contributed by atoms with van der Waals surface area (Å²) in [5, 5.41) is 3.40. The Balaban J connectivity index is 1.44. The number of nitrogens with one attached hydrogen (secondary N) is 1. The molecular formula is C17H31N3O. The lowest BCUT2D eigenvalue weighted by Gasteiger charge is -2.33. The van der Waals surface area contributed by atoms with Crippen molar-refractivity contribution in [2.75, 3.05) is 39.3 Å². The first-order valence-corrected chi connectivity index (χ1v) is 9.05. The van der Waals surface area contributed by atoms with Crippen molar-refractivity contribution < 1.29 is 4.79 Å². The molecule has 2 unspecified atom stereocenters. The summed E-state index contributed by atoms with van der Waals surface area (Å²) in [7, 11) is 0. The smallest absolute Gasteiger partial charge is 0.222 e. The molecule has 3 saturated heterocycles. The molecule has 2 atom stereocenters. The summed E-state index contributed by atoms with van der Waals surface area (Å²) >= 11 is 0. The minimum Gasteiger partial charge on any atom is -0.338 e. The summed E-state index contributed by atoms with van der Waals surface area (Å²) < 4.78 is 0. The third-order valence-electron chi connectivity index (χ3n) is 5.54. The molecule has 0 aromatic heterocycles. The van der Waals surface area contributed by atoms with E-state index in [0.717, 1.165) is 44.9 Å². The molecule has 1 N–H and O–H groups in total. The van der Waals surface area contributed by atoms with Gasteiger partial charge in [0.2, 0.25) is 5.91 Å². The van der Waals surface area contributed by atoms with E-state index in [1.54, 1.807) is 0 Å². The molecule has 21 heavy (non-hydrogen) atoms. The van der Waals surface area contributed by atoms with Crippen LogP contribution >= 0.6 is 0 Å². The molecule has 3 aliphatic heterocycles. The van der Waals surface area contributed by atoms with Gasteiger partial charge in [-0.2, -0.15) is 0 Å². The zero-order chi connectivity index (χ0) is 14.5. The summed E-state index contributed by atoms with van der Waals surface area (Å²) in [5.74, 6) is 1.15. The highest BCUT2D eigenvalue weighted by Gasteiger charge is 2.30. The largest absolute Gasteiger partial charge is 0.338 e. The molecule has 0 aliphatic carbocycles. The van der Waals surface area contributed by atoms with E-state index in [9.17, 15) is 4.79 Å². The molecule has 3 aliphatic rings. The predicted molar refractivity (Wildman–Crippen MR) is 85.2 cm³/mol. The Kier molecular flexibility index (Phi) is 5.53. The molecule has 3 heterocycles. The third-order valence-corrected chi connectivity index (χ3v) is 5.54. The second-order valence-corrected chi connectivity index (χ2v) is 7.14. The quantitative estimate of drug-likeness (QED) is 0.840. The van der Waals surface area contributed by atoms with Crippen LogP contribution in [0.25, 0.3) is 0 Å². The van der Waals surface area contributed by atoms with Crippen molar-refractivity contribution in [2.45, 2.75) is 57.4 Å². The molecule has 1 amide bonds. The third kappa shape index (κ3) is 4.19. The van der Waals surface area contributed by atoms with Gasteiger partial charge in [-0.25, -0.2) is 0 Å². The molecule has 0 aromatic carbocycles. The van der Waals surface area contributed by atoms with Crippen LogP contribution in [0.4, 0.5) is 0 Å².